The van der Waals surface area contributed by atoms with E-state index in [-0.39, 0.29) is 11.9 Å². The lowest BCUT2D eigenvalue weighted by Gasteiger charge is -2.06. The number of nitrogens with one attached hydrogen (secondary N) is 2. The molecule has 0 atom stereocenters. The number of hydrogen-bond acceptors (Lipinski definition) is 8. The second-order valence-electron chi connectivity index (χ2n) is 7.16. The van der Waals surface area contributed by atoms with Gasteiger partial charge in [-0.25, -0.2) is 4.98 Å². The number of nitrogen functional groups attached to an aromatic ring is 1. The molecule has 9 nitrogen and oxygen atoms in total. The van der Waals surface area contributed by atoms with Crippen LogP contribution in [0.5, 0.6) is 11.5 Å². The number of para-hydroxylation sites is 1. The second-order valence-corrected chi connectivity index (χ2v) is 7.16. The van der Waals surface area contributed by atoms with Crippen molar-refractivity contribution in [3.05, 3.63) is 96.5 Å². The number of aliphatic hydroxyl groups is 1. The molecular formula is C28H36N6O3. The molecule has 0 bridgehead atoms. The quantitative estimate of drug-likeness (QED) is 0.319. The molecule has 196 valence electrons. The number of benzene rings is 1. The molecule has 3 rings (SSSR count). The van der Waals surface area contributed by atoms with Crippen molar-refractivity contribution in [3.8, 4) is 11.5 Å². The van der Waals surface area contributed by atoms with Crippen LogP contribution in [-0.4, -0.2) is 46.7 Å². The highest BCUT2D eigenvalue weighted by Crippen LogP contribution is 2.20. The Kier molecular flexibility index (Phi) is 14.7. The smallest absolute Gasteiger partial charge is 0.270 e. The number of aliphatic hydroxyl groups excluding tert-OH is 1. The number of aromatic nitrogens is 3. The molecule has 0 saturated heterocycles. The van der Waals surface area contributed by atoms with E-state index >= 15 is 0 Å². The van der Waals surface area contributed by atoms with Crippen molar-refractivity contribution in [2.24, 2.45) is 0 Å². The molecule has 0 aliphatic heterocycles. The van der Waals surface area contributed by atoms with E-state index in [1.165, 1.54) is 0 Å². The predicted octanol–water partition coefficient (Wildman–Crippen LogP) is 4.87. The first-order chi connectivity index (χ1) is 18.0. The molecule has 0 unspecified atom stereocenters. The average molecular weight is 505 g/mol. The van der Waals surface area contributed by atoms with Gasteiger partial charge in [-0.05, 0) is 44.5 Å². The molecule has 1 amide bonds. The molecule has 0 aliphatic carbocycles. The summed E-state index contributed by atoms with van der Waals surface area (Å²) in [6, 6.07) is 14.6. The van der Waals surface area contributed by atoms with Crippen molar-refractivity contribution < 1.29 is 14.6 Å². The van der Waals surface area contributed by atoms with Gasteiger partial charge in [0.2, 0.25) is 5.95 Å². The fourth-order valence-corrected chi connectivity index (χ4v) is 2.73. The fourth-order valence-electron chi connectivity index (χ4n) is 2.73. The summed E-state index contributed by atoms with van der Waals surface area (Å²) < 4.78 is 5.63. The Bertz CT molecular complexity index is 1180. The van der Waals surface area contributed by atoms with Gasteiger partial charge in [0, 0.05) is 39.0 Å². The van der Waals surface area contributed by atoms with E-state index in [1.807, 2.05) is 87.5 Å². The topological polar surface area (TPSA) is 135 Å². The van der Waals surface area contributed by atoms with Crippen LogP contribution in [0, 0.1) is 0 Å². The maximum absolute atomic E-state index is 11.6. The van der Waals surface area contributed by atoms with Crippen molar-refractivity contribution in [2.45, 2.75) is 20.8 Å². The monoisotopic (exact) mass is 504 g/mol. The zero-order valence-electron chi connectivity index (χ0n) is 22.0. The summed E-state index contributed by atoms with van der Waals surface area (Å²) in [5.74, 6) is 2.12. The largest absolute Gasteiger partial charge is 0.457 e. The summed E-state index contributed by atoms with van der Waals surface area (Å²) in [7, 11) is 2.80. The van der Waals surface area contributed by atoms with Crippen molar-refractivity contribution >= 4 is 23.2 Å². The standard InChI is InChI=1S/C14H14N2O2.C13H18N4.CH4O/c1-2-15-14(17)13-10-12(8-9-16-13)18-11-6-4-3-5-7-11;1-4-5-6-7-8-10(2)11-9-12(15-3)17-13(14)16-11;1-2/h3-10H,2H2,1H3,(H,15,17);4-9H,1-3H3,(H3,14,15,16,17);2H,1H3/b;5-4-,7-6-,10-8+;. The van der Waals surface area contributed by atoms with Gasteiger partial charge in [-0.2, -0.15) is 4.98 Å². The minimum absolute atomic E-state index is 0.198. The number of nitrogens with zero attached hydrogens (tertiary/aromatic N) is 3. The summed E-state index contributed by atoms with van der Waals surface area (Å²) in [6.45, 7) is 6.40. The van der Waals surface area contributed by atoms with E-state index in [0.29, 0.717) is 18.0 Å². The van der Waals surface area contributed by atoms with Gasteiger partial charge in [0.25, 0.3) is 5.91 Å². The summed E-state index contributed by atoms with van der Waals surface area (Å²) in [5.41, 5.74) is 7.85. The Morgan fingerprint density at radius 2 is 1.76 bits per heavy atom. The van der Waals surface area contributed by atoms with Crippen molar-refractivity contribution in [1.29, 1.82) is 0 Å². The van der Waals surface area contributed by atoms with Crippen LogP contribution in [0.25, 0.3) is 5.57 Å². The van der Waals surface area contributed by atoms with Crippen molar-refractivity contribution in [3.63, 3.8) is 0 Å². The van der Waals surface area contributed by atoms with Crippen LogP contribution in [0.4, 0.5) is 11.8 Å². The maximum atomic E-state index is 11.6. The zero-order valence-corrected chi connectivity index (χ0v) is 22.0. The molecule has 0 spiro atoms. The van der Waals surface area contributed by atoms with Crippen molar-refractivity contribution in [1.82, 2.24) is 20.3 Å². The molecule has 0 radical (unpaired) electrons. The Morgan fingerprint density at radius 1 is 1.03 bits per heavy atom. The summed E-state index contributed by atoms with van der Waals surface area (Å²) in [5, 5.41) is 12.6. The van der Waals surface area contributed by atoms with E-state index in [2.05, 4.69) is 25.6 Å². The van der Waals surface area contributed by atoms with E-state index in [1.54, 1.807) is 25.4 Å². The first-order valence-electron chi connectivity index (χ1n) is 11.7. The van der Waals surface area contributed by atoms with Crippen LogP contribution in [0.3, 0.4) is 0 Å². The number of carbonyl (C=O) groups excluding carboxylic acids is 1. The van der Waals surface area contributed by atoms with Gasteiger partial charge in [0.15, 0.2) is 0 Å². The molecule has 2 heterocycles. The van der Waals surface area contributed by atoms with Crippen LogP contribution < -0.4 is 21.1 Å². The highest BCUT2D eigenvalue weighted by molar-refractivity contribution is 5.92. The van der Waals surface area contributed by atoms with Crippen LogP contribution >= 0.6 is 0 Å². The second kappa shape index (κ2) is 17.9. The lowest BCUT2D eigenvalue weighted by Crippen LogP contribution is -2.23. The van der Waals surface area contributed by atoms with Gasteiger partial charge in [-0.15, -0.1) is 0 Å². The SMILES string of the molecule is CCNC(=O)c1cc(Oc2ccccc2)ccn1.CO.C\C=C/C=C\C=C(/C)c1cc(NC)nc(N)n1. The Labute approximate surface area is 218 Å². The molecule has 9 heteroatoms. The van der Waals surface area contributed by atoms with Crippen LogP contribution in [-0.2, 0) is 0 Å². The fraction of sp³-hybridized carbons (Fsp3) is 0.214. The average Bonchev–Trinajstić information content (AvgIpc) is 2.93. The number of rotatable bonds is 8. The van der Waals surface area contributed by atoms with E-state index < -0.39 is 0 Å². The first kappa shape index (κ1) is 30.5. The number of allylic oxidation sites excluding steroid dienone is 6. The number of hydrogen-bond donors (Lipinski definition) is 4. The van der Waals surface area contributed by atoms with Gasteiger partial charge in [0.1, 0.15) is 23.0 Å². The summed E-state index contributed by atoms with van der Waals surface area (Å²) in [6.07, 6.45) is 11.4. The Morgan fingerprint density at radius 3 is 2.41 bits per heavy atom. The number of ether oxygens (including phenoxy) is 1. The van der Waals surface area contributed by atoms with Crippen LogP contribution in [0.1, 0.15) is 37.0 Å². The van der Waals surface area contributed by atoms with E-state index in [9.17, 15) is 4.79 Å². The van der Waals surface area contributed by atoms with Gasteiger partial charge >= 0.3 is 0 Å². The normalized spacial score (nSPS) is 10.7. The molecule has 0 fully saturated rings. The number of pyridine rings is 1. The molecule has 5 N–H and O–H groups in total. The minimum Gasteiger partial charge on any atom is -0.457 e. The van der Waals surface area contributed by atoms with E-state index in [0.717, 1.165) is 29.9 Å². The zero-order chi connectivity index (χ0) is 27.5. The predicted molar refractivity (Wildman–Crippen MR) is 150 cm³/mol. The molecule has 0 aliphatic rings. The highest BCUT2D eigenvalue weighted by atomic mass is 16.5. The Hall–Kier alpha value is -4.50. The lowest BCUT2D eigenvalue weighted by molar-refractivity contribution is 0.0950. The highest BCUT2D eigenvalue weighted by Gasteiger charge is 2.07. The van der Waals surface area contributed by atoms with Gasteiger partial charge < -0.3 is 26.2 Å². The van der Waals surface area contributed by atoms with Gasteiger partial charge in [-0.3, -0.25) is 9.78 Å². The molecule has 37 heavy (non-hydrogen) atoms. The number of amides is 1. The van der Waals surface area contributed by atoms with Crippen molar-refractivity contribution in [2.75, 3.05) is 31.8 Å². The molecule has 2 aromatic heterocycles. The molecule has 3 aromatic rings. The maximum Gasteiger partial charge on any atom is 0.270 e. The lowest BCUT2D eigenvalue weighted by atomic mass is 10.2. The third kappa shape index (κ3) is 11.7. The first-order valence-corrected chi connectivity index (χ1v) is 11.7. The number of nitrogens with two attached hydrogens (primary N) is 1. The van der Waals surface area contributed by atoms with Crippen LogP contribution in [0.15, 0.2) is 85.1 Å². The molecular weight excluding hydrogens is 468 g/mol. The molecule has 1 aromatic carbocycles. The summed E-state index contributed by atoms with van der Waals surface area (Å²) >= 11 is 0. The van der Waals surface area contributed by atoms with Crippen LogP contribution in [0.2, 0.25) is 0 Å². The minimum atomic E-state index is -0.198. The third-order valence-electron chi connectivity index (χ3n) is 4.44. The van der Waals surface area contributed by atoms with E-state index in [4.69, 9.17) is 15.6 Å². The molecule has 0 saturated carbocycles. The van der Waals surface area contributed by atoms with Gasteiger partial charge in [-0.1, -0.05) is 48.6 Å². The number of carbonyl (C=O) groups is 1. The summed E-state index contributed by atoms with van der Waals surface area (Å²) in [4.78, 5) is 23.9. The number of anilines is 2. The Balaban J connectivity index is 0.000000348. The third-order valence-corrected chi connectivity index (χ3v) is 4.44. The van der Waals surface area contributed by atoms with Gasteiger partial charge in [0.05, 0.1) is 5.69 Å².